The largest absolute Gasteiger partial charge is 0.321 e. The molecule has 0 spiro atoms. The maximum Gasteiger partial charge on any atom is 0.273 e. The number of halogens is 1. The third-order valence-corrected chi connectivity index (χ3v) is 7.83. The normalized spacial score (nSPS) is 13.4. The van der Waals surface area contributed by atoms with Crippen LogP contribution in [0.1, 0.15) is 22.5 Å². The molecule has 0 atom stereocenters. The van der Waals surface area contributed by atoms with Crippen molar-refractivity contribution in [2.45, 2.75) is 17.7 Å². The summed E-state index contributed by atoms with van der Waals surface area (Å²) < 4.78 is 42.7. The third-order valence-electron chi connectivity index (χ3n) is 6.00. The van der Waals surface area contributed by atoms with Gasteiger partial charge in [-0.05, 0) is 73.0 Å². The molecule has 1 aliphatic rings. The van der Waals surface area contributed by atoms with E-state index in [4.69, 9.17) is 0 Å². The minimum Gasteiger partial charge on any atom is -0.321 e. The first-order valence-corrected chi connectivity index (χ1v) is 12.6. The molecule has 9 heteroatoms. The van der Waals surface area contributed by atoms with Crippen LogP contribution < -0.4 is 9.62 Å². The number of nitrogens with one attached hydrogen (secondary N) is 1. The summed E-state index contributed by atoms with van der Waals surface area (Å²) in [5.41, 5.74) is 3.51. The number of fused-ring (bicyclic) bond motifs is 1. The Hall–Kier alpha value is -3.98. The summed E-state index contributed by atoms with van der Waals surface area (Å²) >= 11 is 0. The lowest BCUT2D eigenvalue weighted by molar-refractivity contribution is 0.101. The summed E-state index contributed by atoms with van der Waals surface area (Å²) in [5, 5.41) is 7.22. The van der Waals surface area contributed by atoms with Crippen molar-refractivity contribution in [1.82, 2.24) is 9.78 Å². The molecule has 1 aliphatic heterocycles. The summed E-state index contributed by atoms with van der Waals surface area (Å²) in [4.78, 5) is 13.3. The number of carbonyl (C=O) groups excluding carboxylic acids is 1. The fourth-order valence-electron chi connectivity index (χ4n) is 4.22. The van der Waals surface area contributed by atoms with E-state index in [0.717, 1.165) is 12.0 Å². The van der Waals surface area contributed by atoms with Crippen LogP contribution in [0, 0.1) is 5.82 Å². The van der Waals surface area contributed by atoms with Crippen molar-refractivity contribution in [3.63, 3.8) is 0 Å². The van der Waals surface area contributed by atoms with Gasteiger partial charge in [0.1, 0.15) is 11.5 Å². The van der Waals surface area contributed by atoms with Gasteiger partial charge in [0.15, 0.2) is 0 Å². The van der Waals surface area contributed by atoms with Gasteiger partial charge in [0.2, 0.25) is 0 Å². The van der Waals surface area contributed by atoms with Gasteiger partial charge in [-0.25, -0.2) is 12.8 Å². The summed E-state index contributed by atoms with van der Waals surface area (Å²) in [6.07, 6.45) is 1.47. The lowest BCUT2D eigenvalue weighted by atomic mass is 10.0. The first kappa shape index (κ1) is 22.8. The van der Waals surface area contributed by atoms with E-state index in [1.54, 1.807) is 67.7 Å². The highest BCUT2D eigenvalue weighted by molar-refractivity contribution is 7.92. The average Bonchev–Trinajstić information content (AvgIpc) is 3.26. The van der Waals surface area contributed by atoms with Crippen LogP contribution in [0.5, 0.6) is 0 Å². The number of hydrogen-bond acceptors (Lipinski definition) is 4. The van der Waals surface area contributed by atoms with Crippen LogP contribution >= 0.6 is 0 Å². The van der Waals surface area contributed by atoms with E-state index in [1.165, 1.54) is 21.1 Å². The maximum atomic E-state index is 13.3. The molecule has 0 aliphatic carbocycles. The zero-order valence-corrected chi connectivity index (χ0v) is 19.8. The standard InChI is InChI=1S/C26H23FN4O3S/c1-30-25(17-23(29-30)18-9-12-20(27)13-10-18)26(32)28-21-14-11-19-6-5-15-31(24(19)16-21)35(33,34)22-7-3-2-4-8-22/h2-4,7-14,16-17H,5-6,15H2,1H3,(H,28,32). The van der Waals surface area contributed by atoms with Crippen LogP contribution in [0.15, 0.2) is 83.8 Å². The Morgan fingerprint density at radius 2 is 1.74 bits per heavy atom. The summed E-state index contributed by atoms with van der Waals surface area (Å²) in [6.45, 7) is 0.365. The number of amides is 1. The first-order chi connectivity index (χ1) is 16.8. The van der Waals surface area contributed by atoms with Crippen LogP contribution in [0.3, 0.4) is 0 Å². The van der Waals surface area contributed by atoms with Crippen molar-refractivity contribution in [3.8, 4) is 11.3 Å². The van der Waals surface area contributed by atoms with Gasteiger partial charge < -0.3 is 5.32 Å². The molecule has 1 amide bonds. The number of anilines is 2. The Labute approximate surface area is 202 Å². The monoisotopic (exact) mass is 490 g/mol. The van der Waals surface area contributed by atoms with E-state index in [2.05, 4.69) is 10.4 Å². The lowest BCUT2D eigenvalue weighted by Crippen LogP contribution is -2.35. The van der Waals surface area contributed by atoms with Crippen LogP contribution in [0.2, 0.25) is 0 Å². The second kappa shape index (κ2) is 8.99. The Bertz CT molecular complexity index is 1500. The number of rotatable bonds is 5. The van der Waals surface area contributed by atoms with Crippen LogP contribution in [-0.4, -0.2) is 30.7 Å². The van der Waals surface area contributed by atoms with Gasteiger partial charge in [0.25, 0.3) is 15.9 Å². The van der Waals surface area contributed by atoms with E-state index in [1.807, 2.05) is 6.07 Å². The van der Waals surface area contributed by atoms with Gasteiger partial charge in [-0.3, -0.25) is 13.8 Å². The van der Waals surface area contributed by atoms with Crippen molar-refractivity contribution in [3.05, 3.63) is 95.9 Å². The van der Waals surface area contributed by atoms with Gasteiger partial charge in [-0.1, -0.05) is 24.3 Å². The molecule has 0 bridgehead atoms. The van der Waals surface area contributed by atoms with E-state index in [9.17, 15) is 17.6 Å². The molecule has 1 N–H and O–H groups in total. The van der Waals surface area contributed by atoms with Crippen molar-refractivity contribution in [1.29, 1.82) is 0 Å². The average molecular weight is 491 g/mol. The molecule has 0 unspecified atom stereocenters. The van der Waals surface area contributed by atoms with Crippen molar-refractivity contribution >= 4 is 27.3 Å². The maximum absolute atomic E-state index is 13.3. The number of sulfonamides is 1. The van der Waals surface area contributed by atoms with E-state index < -0.39 is 10.0 Å². The molecule has 0 radical (unpaired) electrons. The van der Waals surface area contributed by atoms with Crippen molar-refractivity contribution in [2.24, 2.45) is 7.05 Å². The number of nitrogens with zero attached hydrogens (tertiary/aromatic N) is 3. The smallest absolute Gasteiger partial charge is 0.273 e. The molecule has 0 saturated heterocycles. The topological polar surface area (TPSA) is 84.3 Å². The molecular weight excluding hydrogens is 467 g/mol. The SMILES string of the molecule is Cn1nc(-c2ccc(F)cc2)cc1C(=O)Nc1ccc2c(c1)N(S(=O)(=O)c1ccccc1)CCC2. The number of hydrogen-bond donors (Lipinski definition) is 1. The molecule has 4 aromatic rings. The molecule has 3 aromatic carbocycles. The quantitative estimate of drug-likeness (QED) is 0.443. The zero-order valence-electron chi connectivity index (χ0n) is 19.0. The molecule has 0 fully saturated rings. The molecule has 35 heavy (non-hydrogen) atoms. The second-order valence-corrected chi connectivity index (χ2v) is 10.2. The van der Waals surface area contributed by atoms with Gasteiger partial charge in [-0.2, -0.15) is 5.10 Å². The van der Waals surface area contributed by atoms with Gasteiger partial charge in [0.05, 0.1) is 16.3 Å². The van der Waals surface area contributed by atoms with E-state index in [0.29, 0.717) is 41.3 Å². The molecular formula is C26H23FN4O3S. The summed E-state index contributed by atoms with van der Waals surface area (Å²) in [6, 6.07) is 21.2. The van der Waals surface area contributed by atoms with Gasteiger partial charge >= 0.3 is 0 Å². The highest BCUT2D eigenvalue weighted by Crippen LogP contribution is 2.34. The summed E-state index contributed by atoms with van der Waals surface area (Å²) in [5.74, 6) is -0.736. The van der Waals surface area contributed by atoms with Gasteiger partial charge in [-0.15, -0.1) is 0 Å². The van der Waals surface area contributed by atoms with Crippen molar-refractivity contribution in [2.75, 3.05) is 16.2 Å². The fraction of sp³-hybridized carbons (Fsp3) is 0.154. The lowest BCUT2D eigenvalue weighted by Gasteiger charge is -2.31. The molecule has 1 aromatic heterocycles. The van der Waals surface area contributed by atoms with Crippen molar-refractivity contribution < 1.29 is 17.6 Å². The Morgan fingerprint density at radius 3 is 2.49 bits per heavy atom. The predicted octanol–water partition coefficient (Wildman–Crippen LogP) is 4.62. The molecule has 5 rings (SSSR count). The fourth-order valence-corrected chi connectivity index (χ4v) is 5.78. The van der Waals surface area contributed by atoms with Gasteiger partial charge in [0, 0.05) is 24.8 Å². The molecule has 0 saturated carbocycles. The van der Waals surface area contributed by atoms with E-state index in [-0.39, 0.29) is 16.6 Å². The number of benzene rings is 3. The third kappa shape index (κ3) is 4.42. The van der Waals surface area contributed by atoms with E-state index >= 15 is 0 Å². The predicted molar refractivity (Wildman–Crippen MR) is 132 cm³/mol. The van der Waals surface area contributed by atoms with Crippen LogP contribution in [0.4, 0.5) is 15.8 Å². The number of aryl methyl sites for hydroxylation is 2. The highest BCUT2D eigenvalue weighted by atomic mass is 32.2. The minimum atomic E-state index is -3.73. The molecule has 178 valence electrons. The number of aromatic nitrogens is 2. The minimum absolute atomic E-state index is 0.227. The van der Waals surface area contributed by atoms with Crippen LogP contribution in [0.25, 0.3) is 11.3 Å². The number of carbonyl (C=O) groups is 1. The Morgan fingerprint density at radius 1 is 1.00 bits per heavy atom. The van der Waals surface area contributed by atoms with Crippen LogP contribution in [-0.2, 0) is 23.5 Å². The summed E-state index contributed by atoms with van der Waals surface area (Å²) in [7, 11) is -2.07. The zero-order chi connectivity index (χ0) is 24.6. The highest BCUT2D eigenvalue weighted by Gasteiger charge is 2.29. The molecule has 2 heterocycles. The Kier molecular flexibility index (Phi) is 5.86. The first-order valence-electron chi connectivity index (χ1n) is 11.1. The Balaban J connectivity index is 1.42. The molecule has 7 nitrogen and oxygen atoms in total. The second-order valence-electron chi connectivity index (χ2n) is 8.34.